The molecule has 0 saturated heterocycles. The Balaban J connectivity index is 4.42. The Bertz CT molecular complexity index is 117. The van der Waals surface area contributed by atoms with E-state index in [1.165, 1.54) is 0 Å². The molecule has 1 atom stereocenters. The first-order chi connectivity index (χ1) is 6.16. The number of hydrogen-bond donors (Lipinski definition) is 2. The van der Waals surface area contributed by atoms with Crippen LogP contribution in [0.25, 0.3) is 0 Å². The Kier molecular flexibility index (Phi) is 6.35. The minimum absolute atomic E-state index is 0.115. The second kappa shape index (κ2) is 6.39. The van der Waals surface area contributed by atoms with Crippen LogP contribution < -0.4 is 0 Å². The fraction of sp³-hybridized carbons (Fsp3) is 1.00. The lowest BCUT2D eigenvalue weighted by Crippen LogP contribution is -2.38. The van der Waals surface area contributed by atoms with Gasteiger partial charge in [-0.05, 0) is 19.3 Å². The Morgan fingerprint density at radius 2 is 1.54 bits per heavy atom. The van der Waals surface area contributed by atoms with E-state index < -0.39 is 0 Å². The highest BCUT2D eigenvalue weighted by Crippen LogP contribution is 2.34. The predicted octanol–water partition coefficient (Wildman–Crippen LogP) is 2.34. The highest BCUT2D eigenvalue weighted by molar-refractivity contribution is 4.84. The summed E-state index contributed by atoms with van der Waals surface area (Å²) >= 11 is 0. The standard InChI is InChI=1S/C11H24O2/c1-4-7-11(9-12,8-5-2)10(13)6-3/h10,12-13H,4-9H2,1-3H3. The zero-order valence-electron chi connectivity index (χ0n) is 9.21. The largest absolute Gasteiger partial charge is 0.396 e. The molecule has 0 heterocycles. The zero-order chi connectivity index (χ0) is 10.3. The Hall–Kier alpha value is -0.0800. The van der Waals surface area contributed by atoms with Gasteiger partial charge in [-0.2, -0.15) is 0 Å². The summed E-state index contributed by atoms with van der Waals surface area (Å²) in [5.41, 5.74) is -0.238. The number of aliphatic hydroxyl groups is 2. The molecule has 0 spiro atoms. The fourth-order valence-electron chi connectivity index (χ4n) is 2.15. The van der Waals surface area contributed by atoms with Gasteiger partial charge in [0.05, 0.1) is 12.7 Å². The van der Waals surface area contributed by atoms with Gasteiger partial charge in [-0.3, -0.25) is 0 Å². The van der Waals surface area contributed by atoms with Gasteiger partial charge in [0.15, 0.2) is 0 Å². The molecule has 2 N–H and O–H groups in total. The maximum atomic E-state index is 9.87. The maximum Gasteiger partial charge on any atom is 0.0615 e. The van der Waals surface area contributed by atoms with E-state index in [1.54, 1.807) is 0 Å². The van der Waals surface area contributed by atoms with Gasteiger partial charge < -0.3 is 10.2 Å². The molecule has 0 rings (SSSR count). The molecular formula is C11H24O2. The monoisotopic (exact) mass is 188 g/mol. The predicted molar refractivity (Wildman–Crippen MR) is 55.6 cm³/mol. The average molecular weight is 188 g/mol. The molecule has 0 fully saturated rings. The first kappa shape index (κ1) is 12.9. The van der Waals surface area contributed by atoms with Crippen molar-refractivity contribution in [2.75, 3.05) is 6.61 Å². The molecule has 0 aromatic heterocycles. The van der Waals surface area contributed by atoms with Crippen LogP contribution in [0, 0.1) is 5.41 Å². The van der Waals surface area contributed by atoms with E-state index in [2.05, 4.69) is 13.8 Å². The lowest BCUT2D eigenvalue weighted by atomic mass is 9.74. The normalized spacial score (nSPS) is 14.5. The lowest BCUT2D eigenvalue weighted by molar-refractivity contribution is -0.0326. The molecule has 0 amide bonds. The van der Waals surface area contributed by atoms with Crippen molar-refractivity contribution in [1.82, 2.24) is 0 Å². The Morgan fingerprint density at radius 3 is 1.77 bits per heavy atom. The van der Waals surface area contributed by atoms with Gasteiger partial charge in [0.2, 0.25) is 0 Å². The van der Waals surface area contributed by atoms with Crippen molar-refractivity contribution in [2.45, 2.75) is 59.0 Å². The molecule has 13 heavy (non-hydrogen) atoms. The molecule has 0 aromatic rings. The quantitative estimate of drug-likeness (QED) is 0.644. The number of aliphatic hydroxyl groups excluding tert-OH is 2. The van der Waals surface area contributed by atoms with Crippen molar-refractivity contribution in [2.24, 2.45) is 5.41 Å². The molecule has 80 valence electrons. The third kappa shape index (κ3) is 3.28. The van der Waals surface area contributed by atoms with Gasteiger partial charge in [0.25, 0.3) is 0 Å². The van der Waals surface area contributed by atoms with Gasteiger partial charge in [-0.1, -0.05) is 33.6 Å². The van der Waals surface area contributed by atoms with Crippen molar-refractivity contribution < 1.29 is 10.2 Å². The molecule has 1 unspecified atom stereocenters. The van der Waals surface area contributed by atoms with Crippen molar-refractivity contribution >= 4 is 0 Å². The summed E-state index contributed by atoms with van der Waals surface area (Å²) in [4.78, 5) is 0. The van der Waals surface area contributed by atoms with Crippen LogP contribution in [0.3, 0.4) is 0 Å². The maximum absolute atomic E-state index is 9.87. The SMILES string of the molecule is CCCC(CO)(CCC)C(O)CC. The van der Waals surface area contributed by atoms with Gasteiger partial charge in [0.1, 0.15) is 0 Å². The van der Waals surface area contributed by atoms with E-state index in [0.717, 1.165) is 32.1 Å². The molecular weight excluding hydrogens is 164 g/mol. The first-order valence-corrected chi connectivity index (χ1v) is 5.45. The average Bonchev–Trinajstić information content (AvgIpc) is 2.16. The molecule has 0 aliphatic carbocycles. The highest BCUT2D eigenvalue weighted by Gasteiger charge is 2.34. The van der Waals surface area contributed by atoms with Crippen molar-refractivity contribution in [3.63, 3.8) is 0 Å². The van der Waals surface area contributed by atoms with Gasteiger partial charge in [-0.25, -0.2) is 0 Å². The van der Waals surface area contributed by atoms with Crippen molar-refractivity contribution in [3.8, 4) is 0 Å². The molecule has 0 saturated carbocycles. The summed E-state index contributed by atoms with van der Waals surface area (Å²) in [5.74, 6) is 0. The first-order valence-electron chi connectivity index (χ1n) is 5.45. The van der Waals surface area contributed by atoms with Crippen molar-refractivity contribution in [1.29, 1.82) is 0 Å². The third-order valence-electron chi connectivity index (χ3n) is 2.90. The van der Waals surface area contributed by atoms with Crippen molar-refractivity contribution in [3.05, 3.63) is 0 Å². The van der Waals surface area contributed by atoms with E-state index in [-0.39, 0.29) is 18.1 Å². The van der Waals surface area contributed by atoms with E-state index in [9.17, 15) is 10.2 Å². The van der Waals surface area contributed by atoms with Crippen LogP contribution in [0.5, 0.6) is 0 Å². The van der Waals surface area contributed by atoms with E-state index >= 15 is 0 Å². The Morgan fingerprint density at radius 1 is 1.08 bits per heavy atom. The topological polar surface area (TPSA) is 40.5 Å². The lowest BCUT2D eigenvalue weighted by Gasteiger charge is -2.36. The summed E-state index contributed by atoms with van der Waals surface area (Å²) < 4.78 is 0. The summed E-state index contributed by atoms with van der Waals surface area (Å²) in [6, 6.07) is 0. The summed E-state index contributed by atoms with van der Waals surface area (Å²) in [6.45, 7) is 6.29. The second-order valence-corrected chi connectivity index (χ2v) is 3.94. The van der Waals surface area contributed by atoms with E-state index in [1.807, 2.05) is 6.92 Å². The summed E-state index contributed by atoms with van der Waals surface area (Å²) in [6.07, 6.45) is 4.28. The van der Waals surface area contributed by atoms with Crippen LogP contribution in [0.2, 0.25) is 0 Å². The van der Waals surface area contributed by atoms with E-state index in [4.69, 9.17) is 0 Å². The third-order valence-corrected chi connectivity index (χ3v) is 2.90. The molecule has 2 nitrogen and oxygen atoms in total. The van der Waals surface area contributed by atoms with Crippen LogP contribution in [-0.4, -0.2) is 22.9 Å². The minimum atomic E-state index is -0.350. The molecule has 0 bridgehead atoms. The minimum Gasteiger partial charge on any atom is -0.396 e. The van der Waals surface area contributed by atoms with Gasteiger partial charge in [-0.15, -0.1) is 0 Å². The summed E-state index contributed by atoms with van der Waals surface area (Å²) in [5, 5.41) is 19.3. The van der Waals surface area contributed by atoms with E-state index in [0.29, 0.717) is 0 Å². The van der Waals surface area contributed by atoms with Crippen LogP contribution in [0.4, 0.5) is 0 Å². The van der Waals surface area contributed by atoms with Gasteiger partial charge >= 0.3 is 0 Å². The van der Waals surface area contributed by atoms with Crippen LogP contribution >= 0.6 is 0 Å². The molecule has 0 aliphatic heterocycles. The second-order valence-electron chi connectivity index (χ2n) is 3.94. The zero-order valence-corrected chi connectivity index (χ0v) is 9.21. The summed E-state index contributed by atoms with van der Waals surface area (Å²) in [7, 11) is 0. The Labute approximate surface area is 82.0 Å². The van der Waals surface area contributed by atoms with Crippen LogP contribution in [-0.2, 0) is 0 Å². The molecule has 0 radical (unpaired) electrons. The number of rotatable bonds is 7. The fourth-order valence-corrected chi connectivity index (χ4v) is 2.15. The smallest absolute Gasteiger partial charge is 0.0615 e. The molecule has 0 aliphatic rings. The van der Waals surface area contributed by atoms with Crippen LogP contribution in [0.15, 0.2) is 0 Å². The molecule has 2 heteroatoms. The van der Waals surface area contributed by atoms with Crippen LogP contribution in [0.1, 0.15) is 52.9 Å². The highest BCUT2D eigenvalue weighted by atomic mass is 16.3. The number of hydrogen-bond acceptors (Lipinski definition) is 2. The van der Waals surface area contributed by atoms with Gasteiger partial charge in [0, 0.05) is 5.41 Å². The molecule has 0 aromatic carbocycles.